The van der Waals surface area contributed by atoms with Crippen LogP contribution in [0.2, 0.25) is 0 Å². The van der Waals surface area contributed by atoms with Crippen molar-refractivity contribution in [3.05, 3.63) is 22.9 Å². The van der Waals surface area contributed by atoms with Gasteiger partial charge in [0.05, 0.1) is 15.8 Å². The van der Waals surface area contributed by atoms with Crippen molar-refractivity contribution >= 4 is 21.6 Å². The highest BCUT2D eigenvalue weighted by molar-refractivity contribution is 9.10. The highest BCUT2D eigenvalue weighted by Crippen LogP contribution is 2.30. The number of aromatic nitrogens is 1. The zero-order valence-corrected chi connectivity index (χ0v) is 10.1. The molecular weight excluding hydrogens is 256 g/mol. The molecule has 0 unspecified atom stereocenters. The molecule has 1 aromatic rings. The molecule has 4 heteroatoms. The van der Waals surface area contributed by atoms with Gasteiger partial charge in [-0.1, -0.05) is 12.8 Å². The van der Waals surface area contributed by atoms with E-state index in [4.69, 9.17) is 0 Å². The summed E-state index contributed by atoms with van der Waals surface area (Å²) in [4.78, 5) is 3.99. The minimum atomic E-state index is -0.511. The van der Waals surface area contributed by atoms with Gasteiger partial charge in [0.25, 0.3) is 0 Å². The Morgan fingerprint density at radius 1 is 1.47 bits per heavy atom. The number of pyridine rings is 1. The maximum atomic E-state index is 10.2. The van der Waals surface area contributed by atoms with E-state index in [1.54, 1.807) is 12.4 Å². The van der Waals surface area contributed by atoms with Crippen LogP contribution in [0.5, 0.6) is 0 Å². The first-order chi connectivity index (χ1) is 7.20. The molecule has 0 bridgehead atoms. The van der Waals surface area contributed by atoms with E-state index in [0.29, 0.717) is 6.54 Å². The molecular formula is C11H15BrN2O. The number of hydrogen-bond acceptors (Lipinski definition) is 3. The second kappa shape index (κ2) is 4.49. The molecule has 0 aliphatic heterocycles. The first-order valence-electron chi connectivity index (χ1n) is 5.25. The summed E-state index contributed by atoms with van der Waals surface area (Å²) in [6.45, 7) is 0.621. The fourth-order valence-electron chi connectivity index (χ4n) is 1.99. The maximum Gasteiger partial charge on any atom is 0.0819 e. The Morgan fingerprint density at radius 3 is 2.87 bits per heavy atom. The van der Waals surface area contributed by atoms with Crippen molar-refractivity contribution in [2.45, 2.75) is 31.3 Å². The Hall–Kier alpha value is -0.610. The van der Waals surface area contributed by atoms with E-state index in [2.05, 4.69) is 26.2 Å². The summed E-state index contributed by atoms with van der Waals surface area (Å²) >= 11 is 3.42. The molecule has 1 saturated carbocycles. The molecule has 0 aromatic carbocycles. The number of halogens is 1. The van der Waals surface area contributed by atoms with Crippen LogP contribution < -0.4 is 5.32 Å². The van der Waals surface area contributed by atoms with Crippen LogP contribution in [0.1, 0.15) is 25.7 Å². The number of nitrogens with zero attached hydrogens (tertiary/aromatic N) is 1. The predicted octanol–water partition coefficient (Wildman–Crippen LogP) is 2.56. The lowest BCUT2D eigenvalue weighted by Crippen LogP contribution is -2.33. The minimum Gasteiger partial charge on any atom is -0.388 e. The minimum absolute atomic E-state index is 0.511. The Morgan fingerprint density at radius 2 is 2.20 bits per heavy atom. The number of nitrogens with one attached hydrogen (secondary N) is 1. The average molecular weight is 271 g/mol. The topological polar surface area (TPSA) is 45.1 Å². The van der Waals surface area contributed by atoms with Gasteiger partial charge in [0.2, 0.25) is 0 Å². The SMILES string of the molecule is OC1(CNc2ccncc2Br)CCCC1. The van der Waals surface area contributed by atoms with E-state index < -0.39 is 5.60 Å². The fourth-order valence-corrected chi connectivity index (χ4v) is 2.38. The molecule has 0 amide bonds. The molecule has 0 spiro atoms. The summed E-state index contributed by atoms with van der Waals surface area (Å²) in [7, 11) is 0. The van der Waals surface area contributed by atoms with Crippen LogP contribution in [0, 0.1) is 0 Å². The zero-order chi connectivity index (χ0) is 10.7. The molecule has 2 rings (SSSR count). The van der Waals surface area contributed by atoms with Gasteiger partial charge in [0.1, 0.15) is 0 Å². The maximum absolute atomic E-state index is 10.2. The van der Waals surface area contributed by atoms with E-state index in [9.17, 15) is 5.11 Å². The second-order valence-electron chi connectivity index (χ2n) is 4.14. The molecule has 0 atom stereocenters. The molecule has 3 nitrogen and oxygen atoms in total. The predicted molar refractivity (Wildman–Crippen MR) is 63.8 cm³/mol. The normalized spacial score (nSPS) is 19.1. The van der Waals surface area contributed by atoms with Crippen LogP contribution in [-0.2, 0) is 0 Å². The summed E-state index contributed by atoms with van der Waals surface area (Å²) in [5.41, 5.74) is 0.480. The fraction of sp³-hybridized carbons (Fsp3) is 0.545. The average Bonchev–Trinajstić information content (AvgIpc) is 2.65. The van der Waals surface area contributed by atoms with Gasteiger partial charge in [0, 0.05) is 18.9 Å². The lowest BCUT2D eigenvalue weighted by atomic mass is 10.0. The number of rotatable bonds is 3. The lowest BCUT2D eigenvalue weighted by molar-refractivity contribution is 0.0614. The number of hydrogen-bond donors (Lipinski definition) is 2. The first-order valence-corrected chi connectivity index (χ1v) is 6.05. The highest BCUT2D eigenvalue weighted by Gasteiger charge is 2.30. The Labute approximate surface area is 98.0 Å². The van der Waals surface area contributed by atoms with E-state index in [1.165, 1.54) is 0 Å². The van der Waals surface area contributed by atoms with E-state index in [0.717, 1.165) is 35.8 Å². The Kier molecular flexibility index (Phi) is 3.26. The van der Waals surface area contributed by atoms with Crippen LogP contribution in [-0.4, -0.2) is 22.2 Å². The third-order valence-corrected chi connectivity index (χ3v) is 3.55. The highest BCUT2D eigenvalue weighted by atomic mass is 79.9. The summed E-state index contributed by atoms with van der Waals surface area (Å²) in [6.07, 6.45) is 7.57. The third kappa shape index (κ3) is 2.69. The summed E-state index contributed by atoms with van der Waals surface area (Å²) in [5.74, 6) is 0. The quantitative estimate of drug-likeness (QED) is 0.888. The smallest absolute Gasteiger partial charge is 0.0819 e. The summed E-state index contributed by atoms with van der Waals surface area (Å²) in [5, 5.41) is 13.4. The zero-order valence-electron chi connectivity index (χ0n) is 8.54. The second-order valence-corrected chi connectivity index (χ2v) is 4.99. The van der Waals surface area contributed by atoms with Crippen LogP contribution in [0.4, 0.5) is 5.69 Å². The molecule has 82 valence electrons. The number of aliphatic hydroxyl groups is 1. The molecule has 1 aliphatic rings. The van der Waals surface area contributed by atoms with Crippen molar-refractivity contribution < 1.29 is 5.11 Å². The van der Waals surface area contributed by atoms with Gasteiger partial charge in [0.15, 0.2) is 0 Å². The molecule has 1 aromatic heterocycles. The van der Waals surface area contributed by atoms with Crippen molar-refractivity contribution in [1.29, 1.82) is 0 Å². The molecule has 1 heterocycles. The van der Waals surface area contributed by atoms with Crippen molar-refractivity contribution in [2.24, 2.45) is 0 Å². The van der Waals surface area contributed by atoms with Gasteiger partial charge < -0.3 is 10.4 Å². The van der Waals surface area contributed by atoms with Gasteiger partial charge in [-0.25, -0.2) is 0 Å². The van der Waals surface area contributed by atoms with Gasteiger partial charge in [-0.2, -0.15) is 0 Å². The Bertz CT molecular complexity index is 337. The molecule has 0 radical (unpaired) electrons. The molecule has 15 heavy (non-hydrogen) atoms. The summed E-state index contributed by atoms with van der Waals surface area (Å²) in [6, 6.07) is 1.91. The van der Waals surface area contributed by atoms with E-state index >= 15 is 0 Å². The Balaban J connectivity index is 1.95. The van der Waals surface area contributed by atoms with Crippen molar-refractivity contribution in [2.75, 3.05) is 11.9 Å². The lowest BCUT2D eigenvalue weighted by Gasteiger charge is -2.23. The van der Waals surface area contributed by atoms with Crippen molar-refractivity contribution in [3.63, 3.8) is 0 Å². The van der Waals surface area contributed by atoms with Crippen molar-refractivity contribution in [3.8, 4) is 0 Å². The molecule has 1 aliphatic carbocycles. The van der Waals surface area contributed by atoms with Gasteiger partial charge in [-0.3, -0.25) is 4.98 Å². The molecule has 1 fully saturated rings. The van der Waals surface area contributed by atoms with Gasteiger partial charge >= 0.3 is 0 Å². The van der Waals surface area contributed by atoms with Crippen LogP contribution in [0.15, 0.2) is 22.9 Å². The first kappa shape index (κ1) is 10.9. The van der Waals surface area contributed by atoms with Crippen LogP contribution in [0.25, 0.3) is 0 Å². The van der Waals surface area contributed by atoms with Crippen molar-refractivity contribution in [1.82, 2.24) is 4.98 Å². The van der Waals surface area contributed by atoms with E-state index in [1.807, 2.05) is 6.07 Å². The monoisotopic (exact) mass is 270 g/mol. The van der Waals surface area contributed by atoms with Gasteiger partial charge in [-0.05, 0) is 34.8 Å². The third-order valence-electron chi connectivity index (χ3n) is 2.91. The van der Waals surface area contributed by atoms with E-state index in [-0.39, 0.29) is 0 Å². The molecule has 2 N–H and O–H groups in total. The molecule has 0 saturated heterocycles. The number of anilines is 1. The van der Waals surface area contributed by atoms with Crippen LogP contribution >= 0.6 is 15.9 Å². The van der Waals surface area contributed by atoms with Crippen LogP contribution in [0.3, 0.4) is 0 Å². The standard InChI is InChI=1S/C11H15BrN2O/c12-9-7-13-6-3-10(9)14-8-11(15)4-1-2-5-11/h3,6-7,15H,1-2,4-5,8H2,(H,13,14). The van der Waals surface area contributed by atoms with Gasteiger partial charge in [-0.15, -0.1) is 0 Å². The summed E-state index contributed by atoms with van der Waals surface area (Å²) < 4.78 is 0.937. The largest absolute Gasteiger partial charge is 0.388 e.